The Hall–Kier alpha value is -2.31. The first-order valence-electron chi connectivity index (χ1n) is 4.77. The molecule has 1 heterocycles. The highest BCUT2D eigenvalue weighted by molar-refractivity contribution is 5.89. The summed E-state index contributed by atoms with van der Waals surface area (Å²) < 4.78 is 15.9. The summed E-state index contributed by atoms with van der Waals surface area (Å²) >= 11 is 0. The Bertz CT molecular complexity index is 564. The largest absolute Gasteiger partial charge is 0.497 e. The first kappa shape index (κ1) is 11.2. The molecule has 0 N–H and O–H groups in total. The minimum absolute atomic E-state index is 0.466. The quantitative estimate of drug-likeness (QED) is 0.777. The molecule has 0 aliphatic heterocycles. The van der Waals surface area contributed by atoms with Gasteiger partial charge < -0.3 is 14.2 Å². The minimum Gasteiger partial charge on any atom is -0.497 e. The summed E-state index contributed by atoms with van der Waals surface area (Å²) in [5.41, 5.74) is 0.937. The molecule has 0 radical (unpaired) electrons. The minimum atomic E-state index is -0.622. The van der Waals surface area contributed by atoms with Crippen molar-refractivity contribution in [3.05, 3.63) is 12.1 Å². The van der Waals surface area contributed by atoms with Crippen molar-refractivity contribution in [3.63, 3.8) is 0 Å². The maximum absolute atomic E-state index is 11.4. The molecule has 0 bridgehead atoms. The van der Waals surface area contributed by atoms with Gasteiger partial charge in [-0.1, -0.05) is 5.21 Å². The Kier molecular flexibility index (Phi) is 2.82. The molecule has 7 heteroatoms. The lowest BCUT2D eigenvalue weighted by Gasteiger charge is -2.05. The predicted octanol–water partition coefficient (Wildman–Crippen LogP) is 1.06. The number of benzene rings is 1. The SMILES string of the molecule is COC(=O)n1nnc2c(OC)cc(OC)cc21. The number of fused-ring (bicyclic) bond motifs is 1. The molecule has 1 aromatic heterocycles. The van der Waals surface area contributed by atoms with Crippen molar-refractivity contribution in [2.24, 2.45) is 0 Å². The number of rotatable bonds is 2. The van der Waals surface area contributed by atoms with Gasteiger partial charge in [-0.15, -0.1) is 9.78 Å². The topological polar surface area (TPSA) is 75.5 Å². The molecule has 0 saturated carbocycles. The average molecular weight is 237 g/mol. The summed E-state index contributed by atoms with van der Waals surface area (Å²) in [4.78, 5) is 11.4. The third kappa shape index (κ3) is 1.75. The molecule has 0 aliphatic carbocycles. The lowest BCUT2D eigenvalue weighted by Crippen LogP contribution is -2.12. The Morgan fingerprint density at radius 3 is 2.59 bits per heavy atom. The number of carbonyl (C=O) groups is 1. The van der Waals surface area contributed by atoms with Gasteiger partial charge in [-0.05, 0) is 0 Å². The van der Waals surface area contributed by atoms with E-state index in [9.17, 15) is 4.79 Å². The van der Waals surface area contributed by atoms with E-state index in [4.69, 9.17) is 9.47 Å². The third-order valence-corrected chi connectivity index (χ3v) is 2.29. The second-order valence-electron chi connectivity index (χ2n) is 3.17. The fourth-order valence-electron chi connectivity index (χ4n) is 1.46. The van der Waals surface area contributed by atoms with Crippen LogP contribution in [0.15, 0.2) is 12.1 Å². The number of methoxy groups -OCH3 is 3. The van der Waals surface area contributed by atoms with Crippen molar-refractivity contribution in [1.29, 1.82) is 0 Å². The van der Waals surface area contributed by atoms with Gasteiger partial charge in [0.05, 0.1) is 21.3 Å². The maximum atomic E-state index is 11.4. The van der Waals surface area contributed by atoms with Crippen LogP contribution in [-0.4, -0.2) is 42.4 Å². The number of nitrogens with zero attached hydrogens (tertiary/aromatic N) is 3. The van der Waals surface area contributed by atoms with Gasteiger partial charge in [-0.2, -0.15) is 0 Å². The molecule has 0 atom stereocenters. The third-order valence-electron chi connectivity index (χ3n) is 2.29. The summed E-state index contributed by atoms with van der Waals surface area (Å²) in [7, 11) is 4.30. The van der Waals surface area contributed by atoms with Gasteiger partial charge >= 0.3 is 6.09 Å². The zero-order valence-corrected chi connectivity index (χ0v) is 9.63. The van der Waals surface area contributed by atoms with Crippen LogP contribution in [0.3, 0.4) is 0 Å². The van der Waals surface area contributed by atoms with E-state index >= 15 is 0 Å². The summed E-state index contributed by atoms with van der Waals surface area (Å²) in [5.74, 6) is 1.02. The Balaban J connectivity index is 2.70. The van der Waals surface area contributed by atoms with Crippen LogP contribution in [0, 0.1) is 0 Å². The zero-order chi connectivity index (χ0) is 12.4. The Morgan fingerprint density at radius 1 is 1.24 bits per heavy atom. The van der Waals surface area contributed by atoms with Crippen molar-refractivity contribution in [1.82, 2.24) is 15.0 Å². The number of hydrogen-bond donors (Lipinski definition) is 0. The normalized spacial score (nSPS) is 10.3. The van der Waals surface area contributed by atoms with Crippen LogP contribution in [-0.2, 0) is 4.74 Å². The first-order chi connectivity index (χ1) is 8.21. The fourth-order valence-corrected chi connectivity index (χ4v) is 1.46. The molecule has 90 valence electrons. The molecule has 7 nitrogen and oxygen atoms in total. The van der Waals surface area contributed by atoms with E-state index in [-0.39, 0.29) is 0 Å². The number of hydrogen-bond acceptors (Lipinski definition) is 6. The zero-order valence-electron chi connectivity index (χ0n) is 9.63. The van der Waals surface area contributed by atoms with E-state index in [0.29, 0.717) is 22.5 Å². The first-order valence-corrected chi connectivity index (χ1v) is 4.77. The standard InChI is InChI=1S/C10H11N3O4/c1-15-6-4-7-9(8(5-6)16-2)11-12-13(7)10(14)17-3/h4-5H,1-3H3. The van der Waals surface area contributed by atoms with Crippen molar-refractivity contribution in [2.75, 3.05) is 21.3 Å². The van der Waals surface area contributed by atoms with Crippen molar-refractivity contribution in [2.45, 2.75) is 0 Å². The molecule has 17 heavy (non-hydrogen) atoms. The van der Waals surface area contributed by atoms with Gasteiger partial charge in [0, 0.05) is 12.1 Å². The van der Waals surface area contributed by atoms with Crippen LogP contribution in [0.1, 0.15) is 0 Å². The molecule has 0 spiro atoms. The highest BCUT2D eigenvalue weighted by Gasteiger charge is 2.16. The molecule has 0 amide bonds. The molecule has 2 rings (SSSR count). The van der Waals surface area contributed by atoms with E-state index < -0.39 is 6.09 Å². The van der Waals surface area contributed by atoms with Crippen LogP contribution >= 0.6 is 0 Å². The van der Waals surface area contributed by atoms with Gasteiger partial charge in [0.2, 0.25) is 0 Å². The number of aromatic nitrogens is 3. The van der Waals surface area contributed by atoms with Crippen LogP contribution in [0.2, 0.25) is 0 Å². The molecule has 0 aliphatic rings. The van der Waals surface area contributed by atoms with Gasteiger partial charge in [0.25, 0.3) is 0 Å². The lowest BCUT2D eigenvalue weighted by molar-refractivity contribution is 0.170. The molecular weight excluding hydrogens is 226 g/mol. The van der Waals surface area contributed by atoms with E-state index in [1.165, 1.54) is 21.3 Å². The van der Waals surface area contributed by atoms with Gasteiger partial charge in [-0.25, -0.2) is 4.79 Å². The Morgan fingerprint density at radius 2 is 2.00 bits per heavy atom. The predicted molar refractivity (Wildman–Crippen MR) is 58.4 cm³/mol. The van der Waals surface area contributed by atoms with Crippen molar-refractivity contribution < 1.29 is 19.0 Å². The van der Waals surface area contributed by atoms with E-state index in [1.54, 1.807) is 12.1 Å². The average Bonchev–Trinajstić information content (AvgIpc) is 2.80. The molecule has 1 aromatic carbocycles. The van der Waals surface area contributed by atoms with Crippen LogP contribution in [0.25, 0.3) is 11.0 Å². The molecule has 2 aromatic rings. The summed E-state index contributed by atoms with van der Waals surface area (Å²) in [5, 5.41) is 7.57. The van der Waals surface area contributed by atoms with E-state index in [2.05, 4.69) is 15.0 Å². The smallest absolute Gasteiger partial charge is 0.436 e. The highest BCUT2D eigenvalue weighted by Crippen LogP contribution is 2.29. The summed E-state index contributed by atoms with van der Waals surface area (Å²) in [6, 6.07) is 3.30. The molecular formula is C10H11N3O4. The fraction of sp³-hybridized carbons (Fsp3) is 0.300. The van der Waals surface area contributed by atoms with Gasteiger partial charge in [0.1, 0.15) is 11.3 Å². The summed E-state index contributed by atoms with van der Waals surface area (Å²) in [6.45, 7) is 0. The molecule has 0 fully saturated rings. The number of carbonyl (C=O) groups excluding carboxylic acids is 1. The lowest BCUT2D eigenvalue weighted by atomic mass is 10.2. The van der Waals surface area contributed by atoms with Gasteiger partial charge in [-0.3, -0.25) is 0 Å². The second-order valence-corrected chi connectivity index (χ2v) is 3.17. The van der Waals surface area contributed by atoms with Crippen molar-refractivity contribution in [3.8, 4) is 11.5 Å². The Labute approximate surface area is 96.9 Å². The monoisotopic (exact) mass is 237 g/mol. The second kappa shape index (κ2) is 4.28. The molecule has 0 saturated heterocycles. The highest BCUT2D eigenvalue weighted by atomic mass is 16.5. The summed E-state index contributed by atoms with van der Waals surface area (Å²) in [6.07, 6.45) is -0.622. The maximum Gasteiger partial charge on any atom is 0.436 e. The van der Waals surface area contributed by atoms with Crippen LogP contribution < -0.4 is 9.47 Å². The molecule has 0 unspecified atom stereocenters. The van der Waals surface area contributed by atoms with Gasteiger partial charge in [0.15, 0.2) is 11.3 Å². The van der Waals surface area contributed by atoms with Crippen LogP contribution in [0.5, 0.6) is 11.5 Å². The van der Waals surface area contributed by atoms with Crippen molar-refractivity contribution >= 4 is 17.1 Å². The van der Waals surface area contributed by atoms with E-state index in [0.717, 1.165) is 4.68 Å². The van der Waals surface area contributed by atoms with Crippen LogP contribution in [0.4, 0.5) is 4.79 Å². The van der Waals surface area contributed by atoms with E-state index in [1.807, 2.05) is 0 Å². The number of ether oxygens (including phenoxy) is 3.